The van der Waals surface area contributed by atoms with Crippen molar-refractivity contribution < 1.29 is 23.8 Å². The standard InChI is InChI=1S/C29H31NO5S/c1-19-10-14-23(15-11-19)36-29(28(32)35-5)17-26(31)30(27(29)24-9-7-6-8-20(24)2)18-21-12-13-22(33-3)16-25(21)34-4/h6-16,27H,17-18H2,1-5H3. The summed E-state index contributed by atoms with van der Waals surface area (Å²) in [5, 5.41) is 0. The third-order valence-electron chi connectivity index (χ3n) is 6.66. The molecule has 0 aliphatic carbocycles. The highest BCUT2D eigenvalue weighted by atomic mass is 32.2. The average molecular weight is 506 g/mol. The van der Waals surface area contributed by atoms with Gasteiger partial charge in [0.1, 0.15) is 11.5 Å². The van der Waals surface area contributed by atoms with Gasteiger partial charge in [-0.3, -0.25) is 9.59 Å². The number of rotatable bonds is 8. The first-order valence-electron chi connectivity index (χ1n) is 11.7. The van der Waals surface area contributed by atoms with Crippen molar-refractivity contribution in [3.05, 3.63) is 89.0 Å². The Kier molecular flexibility index (Phi) is 7.59. The predicted octanol–water partition coefficient (Wildman–Crippen LogP) is 5.50. The van der Waals surface area contributed by atoms with E-state index < -0.39 is 16.8 Å². The van der Waals surface area contributed by atoms with Crippen LogP contribution in [0, 0.1) is 13.8 Å². The molecule has 1 heterocycles. The van der Waals surface area contributed by atoms with Crippen molar-refractivity contribution in [2.24, 2.45) is 0 Å². The van der Waals surface area contributed by atoms with E-state index in [2.05, 4.69) is 0 Å². The first-order valence-corrected chi connectivity index (χ1v) is 12.5. The monoisotopic (exact) mass is 505 g/mol. The summed E-state index contributed by atoms with van der Waals surface area (Å²) >= 11 is 1.40. The van der Waals surface area contributed by atoms with Gasteiger partial charge in [-0.05, 0) is 49.2 Å². The van der Waals surface area contributed by atoms with Crippen molar-refractivity contribution in [3.8, 4) is 11.5 Å². The summed E-state index contributed by atoms with van der Waals surface area (Å²) in [6.07, 6.45) is 0.0235. The molecule has 36 heavy (non-hydrogen) atoms. The minimum atomic E-state index is -1.16. The van der Waals surface area contributed by atoms with Gasteiger partial charge in [-0.2, -0.15) is 0 Å². The van der Waals surface area contributed by atoms with E-state index in [4.69, 9.17) is 14.2 Å². The number of likely N-dealkylation sites (tertiary alicyclic amines) is 1. The second-order valence-corrected chi connectivity index (χ2v) is 10.3. The molecule has 0 saturated carbocycles. The third-order valence-corrected chi connectivity index (χ3v) is 8.06. The molecule has 7 heteroatoms. The third kappa shape index (κ3) is 4.80. The number of methoxy groups -OCH3 is 3. The number of esters is 1. The van der Waals surface area contributed by atoms with E-state index in [1.165, 1.54) is 18.9 Å². The molecule has 0 radical (unpaired) electrons. The maximum atomic E-state index is 13.7. The molecule has 0 aromatic heterocycles. The van der Waals surface area contributed by atoms with Gasteiger partial charge in [0.25, 0.3) is 0 Å². The molecule has 1 saturated heterocycles. The highest BCUT2D eigenvalue weighted by molar-refractivity contribution is 8.01. The molecule has 1 fully saturated rings. The molecule has 1 aliphatic rings. The molecule has 3 aromatic carbocycles. The Bertz CT molecular complexity index is 1260. The highest BCUT2D eigenvalue weighted by Crippen LogP contribution is 2.54. The topological polar surface area (TPSA) is 65.1 Å². The molecule has 6 nitrogen and oxygen atoms in total. The van der Waals surface area contributed by atoms with E-state index in [-0.39, 0.29) is 18.9 Å². The lowest BCUT2D eigenvalue weighted by Gasteiger charge is -2.36. The minimum absolute atomic E-state index is 0.0235. The second-order valence-electron chi connectivity index (χ2n) is 8.93. The van der Waals surface area contributed by atoms with E-state index in [0.717, 1.165) is 27.1 Å². The van der Waals surface area contributed by atoms with Crippen LogP contribution in [0.15, 0.2) is 71.6 Å². The molecule has 4 rings (SSSR count). The van der Waals surface area contributed by atoms with Gasteiger partial charge in [-0.25, -0.2) is 0 Å². The highest BCUT2D eigenvalue weighted by Gasteiger charge is 2.59. The number of amides is 1. The van der Waals surface area contributed by atoms with Gasteiger partial charge in [0.05, 0.1) is 33.8 Å². The zero-order valence-electron chi connectivity index (χ0n) is 21.2. The van der Waals surface area contributed by atoms with Crippen molar-refractivity contribution >= 4 is 23.6 Å². The van der Waals surface area contributed by atoms with Gasteiger partial charge < -0.3 is 19.1 Å². The molecular formula is C29H31NO5S. The fourth-order valence-electron chi connectivity index (χ4n) is 4.78. The van der Waals surface area contributed by atoms with Crippen LogP contribution in [-0.2, 0) is 20.9 Å². The van der Waals surface area contributed by atoms with Crippen LogP contribution >= 0.6 is 11.8 Å². The fraction of sp³-hybridized carbons (Fsp3) is 0.310. The molecule has 0 bridgehead atoms. The molecule has 3 aromatic rings. The normalized spacial score (nSPS) is 19.3. The Morgan fingerprint density at radius 1 is 1.00 bits per heavy atom. The Hall–Kier alpha value is -3.45. The number of aryl methyl sites for hydroxylation is 2. The van der Waals surface area contributed by atoms with E-state index in [9.17, 15) is 9.59 Å². The van der Waals surface area contributed by atoms with Crippen molar-refractivity contribution in [1.82, 2.24) is 4.90 Å². The molecule has 188 valence electrons. The van der Waals surface area contributed by atoms with Crippen LogP contribution in [0.2, 0.25) is 0 Å². The van der Waals surface area contributed by atoms with Gasteiger partial charge >= 0.3 is 5.97 Å². The Balaban J connectivity index is 1.86. The van der Waals surface area contributed by atoms with Crippen molar-refractivity contribution in [3.63, 3.8) is 0 Å². The van der Waals surface area contributed by atoms with Gasteiger partial charge in [0.15, 0.2) is 4.75 Å². The van der Waals surface area contributed by atoms with Crippen LogP contribution < -0.4 is 9.47 Å². The summed E-state index contributed by atoms with van der Waals surface area (Å²) in [5.74, 6) is 0.745. The summed E-state index contributed by atoms with van der Waals surface area (Å²) in [7, 11) is 4.57. The van der Waals surface area contributed by atoms with Crippen LogP contribution in [-0.4, -0.2) is 42.9 Å². The fourth-order valence-corrected chi connectivity index (χ4v) is 6.20. The summed E-state index contributed by atoms with van der Waals surface area (Å²) < 4.78 is 15.2. The first-order chi connectivity index (χ1) is 17.3. The molecular weight excluding hydrogens is 474 g/mol. The van der Waals surface area contributed by atoms with E-state index in [1.54, 1.807) is 25.2 Å². The van der Waals surface area contributed by atoms with Crippen molar-refractivity contribution in [2.75, 3.05) is 21.3 Å². The van der Waals surface area contributed by atoms with Gasteiger partial charge in [0, 0.05) is 23.1 Å². The quantitative estimate of drug-likeness (QED) is 0.377. The molecule has 0 N–H and O–H groups in total. The number of nitrogens with zero attached hydrogens (tertiary/aromatic N) is 1. The lowest BCUT2D eigenvalue weighted by molar-refractivity contribution is -0.144. The number of hydrogen-bond acceptors (Lipinski definition) is 6. The lowest BCUT2D eigenvalue weighted by atomic mass is 9.89. The summed E-state index contributed by atoms with van der Waals surface area (Å²) in [5.41, 5.74) is 3.87. The van der Waals surface area contributed by atoms with Crippen LogP contribution in [0.3, 0.4) is 0 Å². The van der Waals surface area contributed by atoms with Gasteiger partial charge in [-0.15, -0.1) is 11.8 Å². The van der Waals surface area contributed by atoms with Crippen LogP contribution in [0.4, 0.5) is 0 Å². The zero-order valence-corrected chi connectivity index (χ0v) is 22.1. The van der Waals surface area contributed by atoms with Crippen molar-refractivity contribution in [1.29, 1.82) is 0 Å². The molecule has 1 aliphatic heterocycles. The number of thioether (sulfide) groups is 1. The van der Waals surface area contributed by atoms with Crippen LogP contribution in [0.5, 0.6) is 11.5 Å². The molecule has 1 amide bonds. The maximum absolute atomic E-state index is 13.7. The summed E-state index contributed by atoms with van der Waals surface area (Å²) in [4.78, 5) is 30.0. The first kappa shape index (κ1) is 25.6. The zero-order chi connectivity index (χ0) is 25.9. The molecule has 0 spiro atoms. The van der Waals surface area contributed by atoms with Crippen LogP contribution in [0.1, 0.15) is 34.7 Å². The number of ether oxygens (including phenoxy) is 3. The second kappa shape index (κ2) is 10.7. The Morgan fingerprint density at radius 3 is 2.36 bits per heavy atom. The van der Waals surface area contributed by atoms with E-state index in [1.807, 2.05) is 74.5 Å². The van der Waals surface area contributed by atoms with Gasteiger partial charge in [0.2, 0.25) is 5.91 Å². The predicted molar refractivity (Wildman–Crippen MR) is 140 cm³/mol. The number of hydrogen-bond donors (Lipinski definition) is 0. The van der Waals surface area contributed by atoms with E-state index >= 15 is 0 Å². The lowest BCUT2D eigenvalue weighted by Crippen LogP contribution is -2.42. The number of carbonyl (C=O) groups excluding carboxylic acids is 2. The Labute approximate surface area is 216 Å². The smallest absolute Gasteiger partial charge is 0.325 e. The summed E-state index contributed by atoms with van der Waals surface area (Å²) in [6.45, 7) is 4.30. The number of carbonyl (C=O) groups is 2. The molecule has 2 unspecified atom stereocenters. The molecule has 2 atom stereocenters. The van der Waals surface area contributed by atoms with E-state index in [0.29, 0.717) is 11.5 Å². The average Bonchev–Trinajstić information content (AvgIpc) is 3.16. The summed E-state index contributed by atoms with van der Waals surface area (Å²) in [6, 6.07) is 20.9. The van der Waals surface area contributed by atoms with Crippen LogP contribution in [0.25, 0.3) is 0 Å². The van der Waals surface area contributed by atoms with Crippen molar-refractivity contribution in [2.45, 2.75) is 42.5 Å². The van der Waals surface area contributed by atoms with Gasteiger partial charge in [-0.1, -0.05) is 42.0 Å². The maximum Gasteiger partial charge on any atom is 0.325 e. The Morgan fingerprint density at radius 2 is 1.72 bits per heavy atom. The SMILES string of the molecule is COC(=O)C1(Sc2ccc(C)cc2)CC(=O)N(Cc2ccc(OC)cc2OC)C1c1ccccc1C. The largest absolute Gasteiger partial charge is 0.497 e. The number of benzene rings is 3. The minimum Gasteiger partial charge on any atom is -0.497 e.